The van der Waals surface area contributed by atoms with Crippen molar-refractivity contribution in [2.24, 2.45) is 0 Å². The molecule has 0 spiro atoms. The van der Waals surface area contributed by atoms with Crippen molar-refractivity contribution in [3.8, 4) is 11.8 Å². The summed E-state index contributed by atoms with van der Waals surface area (Å²) < 4.78 is 0. The van der Waals surface area contributed by atoms with E-state index in [-0.39, 0.29) is 17.8 Å². The molecule has 2 rings (SSSR count). The molecule has 0 unspecified atom stereocenters. The molecular formula is C18H19N3O2. The second-order valence-electron chi connectivity index (χ2n) is 5.18. The molecule has 0 bridgehead atoms. The van der Waals surface area contributed by atoms with Crippen molar-refractivity contribution in [3.63, 3.8) is 0 Å². The highest BCUT2D eigenvalue weighted by molar-refractivity contribution is 5.89. The van der Waals surface area contributed by atoms with Crippen LogP contribution in [0.25, 0.3) is 0 Å². The zero-order valence-corrected chi connectivity index (χ0v) is 13.2. The number of carbonyl (C=O) groups excluding carboxylic acids is 1. The third-order valence-corrected chi connectivity index (χ3v) is 3.69. The summed E-state index contributed by atoms with van der Waals surface area (Å²) in [4.78, 5) is 14.2. The Morgan fingerprint density at radius 2 is 2.00 bits per heavy atom. The van der Waals surface area contributed by atoms with Crippen molar-refractivity contribution in [3.05, 3.63) is 59.7 Å². The highest BCUT2D eigenvalue weighted by Crippen LogP contribution is 2.24. The summed E-state index contributed by atoms with van der Waals surface area (Å²) in [6, 6.07) is 15.2. The number of rotatable bonds is 4. The molecule has 5 heteroatoms. The molecule has 2 N–H and O–H groups in total. The molecule has 0 aliphatic carbocycles. The first-order chi connectivity index (χ1) is 11.0. The van der Waals surface area contributed by atoms with Gasteiger partial charge in [-0.2, -0.15) is 5.26 Å². The predicted octanol–water partition coefficient (Wildman–Crippen LogP) is 3.88. The third-order valence-electron chi connectivity index (χ3n) is 3.69. The van der Waals surface area contributed by atoms with Gasteiger partial charge in [0.2, 0.25) is 0 Å². The number of aromatic hydroxyl groups is 1. The van der Waals surface area contributed by atoms with Crippen LogP contribution in [0.2, 0.25) is 0 Å². The van der Waals surface area contributed by atoms with Crippen LogP contribution >= 0.6 is 0 Å². The summed E-state index contributed by atoms with van der Waals surface area (Å²) in [5.74, 6) is 0.179. The minimum Gasteiger partial charge on any atom is -0.508 e. The molecule has 118 valence electrons. The number of hydrogen-bond acceptors (Lipinski definition) is 3. The zero-order chi connectivity index (χ0) is 16.8. The van der Waals surface area contributed by atoms with E-state index >= 15 is 0 Å². The van der Waals surface area contributed by atoms with E-state index in [4.69, 9.17) is 5.26 Å². The summed E-state index contributed by atoms with van der Waals surface area (Å²) in [6.07, 6.45) is 0. The lowest BCUT2D eigenvalue weighted by Crippen LogP contribution is -2.36. The smallest absolute Gasteiger partial charge is 0.322 e. The summed E-state index contributed by atoms with van der Waals surface area (Å²) in [5.41, 5.74) is 2.04. The van der Waals surface area contributed by atoms with E-state index in [1.54, 1.807) is 47.4 Å². The highest BCUT2D eigenvalue weighted by Gasteiger charge is 2.20. The van der Waals surface area contributed by atoms with Crippen molar-refractivity contribution in [2.45, 2.75) is 19.9 Å². The first-order valence-electron chi connectivity index (χ1n) is 7.42. The Bertz CT molecular complexity index is 720. The largest absolute Gasteiger partial charge is 0.508 e. The molecule has 1 atom stereocenters. The number of anilines is 1. The summed E-state index contributed by atoms with van der Waals surface area (Å²) >= 11 is 0. The summed E-state index contributed by atoms with van der Waals surface area (Å²) in [7, 11) is 0. The van der Waals surface area contributed by atoms with E-state index in [2.05, 4.69) is 5.32 Å². The fourth-order valence-electron chi connectivity index (χ4n) is 2.38. The maximum atomic E-state index is 12.5. The lowest BCUT2D eigenvalue weighted by molar-refractivity contribution is 0.197. The number of hydrogen-bond donors (Lipinski definition) is 2. The molecule has 0 saturated carbocycles. The third kappa shape index (κ3) is 4.01. The van der Waals surface area contributed by atoms with Crippen molar-refractivity contribution >= 4 is 11.7 Å². The van der Waals surface area contributed by atoms with E-state index in [0.29, 0.717) is 17.8 Å². The van der Waals surface area contributed by atoms with Gasteiger partial charge in [0.1, 0.15) is 5.75 Å². The summed E-state index contributed by atoms with van der Waals surface area (Å²) in [5, 5.41) is 21.2. The first-order valence-corrected chi connectivity index (χ1v) is 7.42. The lowest BCUT2D eigenvalue weighted by atomic mass is 10.1. The van der Waals surface area contributed by atoms with Crippen LogP contribution < -0.4 is 5.32 Å². The minimum atomic E-state index is -0.229. The topological polar surface area (TPSA) is 76.4 Å². The molecule has 0 aliphatic rings. The van der Waals surface area contributed by atoms with E-state index in [1.807, 2.05) is 26.0 Å². The van der Waals surface area contributed by atoms with Gasteiger partial charge in [-0.1, -0.05) is 12.1 Å². The number of amides is 2. The Kier molecular flexibility index (Phi) is 5.21. The van der Waals surface area contributed by atoms with Gasteiger partial charge in [-0.25, -0.2) is 4.79 Å². The molecule has 2 amide bonds. The number of nitriles is 1. The average Bonchev–Trinajstić information content (AvgIpc) is 2.56. The van der Waals surface area contributed by atoms with Crippen LogP contribution in [0.15, 0.2) is 48.5 Å². The van der Waals surface area contributed by atoms with Gasteiger partial charge in [-0.05, 0) is 55.8 Å². The number of nitrogens with zero attached hydrogens (tertiary/aromatic N) is 2. The van der Waals surface area contributed by atoms with Crippen LogP contribution in [0.1, 0.15) is 31.0 Å². The molecule has 0 aromatic heterocycles. The van der Waals surface area contributed by atoms with Crippen LogP contribution in [-0.4, -0.2) is 22.6 Å². The van der Waals surface area contributed by atoms with E-state index < -0.39 is 0 Å². The Morgan fingerprint density at radius 3 is 2.57 bits per heavy atom. The first kappa shape index (κ1) is 16.4. The van der Waals surface area contributed by atoms with E-state index in [0.717, 1.165) is 5.56 Å². The summed E-state index contributed by atoms with van der Waals surface area (Å²) in [6.45, 7) is 4.34. The average molecular weight is 309 g/mol. The fraction of sp³-hybridized carbons (Fsp3) is 0.222. The maximum absolute atomic E-state index is 12.5. The van der Waals surface area contributed by atoms with Crippen LogP contribution in [-0.2, 0) is 0 Å². The van der Waals surface area contributed by atoms with Crippen LogP contribution in [0, 0.1) is 11.3 Å². The van der Waals surface area contributed by atoms with Crippen molar-refractivity contribution in [2.75, 3.05) is 11.9 Å². The second-order valence-corrected chi connectivity index (χ2v) is 5.18. The quantitative estimate of drug-likeness (QED) is 0.900. The Hall–Kier alpha value is -3.00. The number of phenolic OH excluding ortho intramolecular Hbond substituents is 1. The number of benzene rings is 2. The van der Waals surface area contributed by atoms with Crippen LogP contribution in [0.5, 0.6) is 5.75 Å². The number of nitrogens with one attached hydrogen (secondary N) is 1. The Balaban J connectivity index is 2.12. The van der Waals surface area contributed by atoms with Gasteiger partial charge < -0.3 is 15.3 Å². The van der Waals surface area contributed by atoms with Gasteiger partial charge >= 0.3 is 6.03 Å². The van der Waals surface area contributed by atoms with Gasteiger partial charge in [0.05, 0.1) is 17.7 Å². The highest BCUT2D eigenvalue weighted by atomic mass is 16.3. The van der Waals surface area contributed by atoms with Crippen molar-refractivity contribution in [1.82, 2.24) is 4.90 Å². The number of phenols is 1. The molecule has 0 fully saturated rings. The van der Waals surface area contributed by atoms with Crippen molar-refractivity contribution in [1.29, 1.82) is 5.26 Å². The second kappa shape index (κ2) is 7.32. The van der Waals surface area contributed by atoms with Gasteiger partial charge in [0.15, 0.2) is 0 Å². The maximum Gasteiger partial charge on any atom is 0.322 e. The SMILES string of the molecule is CCN(C(=O)Nc1ccc(C#N)cc1)[C@H](C)c1cccc(O)c1. The number of urea groups is 1. The molecule has 5 nitrogen and oxygen atoms in total. The van der Waals surface area contributed by atoms with Gasteiger partial charge in [-0.15, -0.1) is 0 Å². The lowest BCUT2D eigenvalue weighted by Gasteiger charge is -2.28. The van der Waals surface area contributed by atoms with Crippen molar-refractivity contribution < 1.29 is 9.90 Å². The molecule has 0 radical (unpaired) electrons. The zero-order valence-electron chi connectivity index (χ0n) is 13.2. The minimum absolute atomic E-state index is 0.175. The molecule has 0 heterocycles. The van der Waals surface area contributed by atoms with Gasteiger partial charge in [0, 0.05) is 12.2 Å². The van der Waals surface area contributed by atoms with Gasteiger partial charge in [-0.3, -0.25) is 0 Å². The molecule has 0 aliphatic heterocycles. The fourth-order valence-corrected chi connectivity index (χ4v) is 2.38. The van der Waals surface area contributed by atoms with Gasteiger partial charge in [0.25, 0.3) is 0 Å². The number of carbonyl (C=O) groups is 1. The molecule has 2 aromatic rings. The van der Waals surface area contributed by atoms with E-state index in [9.17, 15) is 9.90 Å². The molecular weight excluding hydrogens is 290 g/mol. The standard InChI is InChI=1S/C18H19N3O2/c1-3-21(13(2)15-5-4-6-17(22)11-15)18(23)20-16-9-7-14(12-19)8-10-16/h4-11,13,22H,3H2,1-2H3,(H,20,23)/t13-/m1/s1. The predicted molar refractivity (Wildman–Crippen MR) is 89.1 cm³/mol. The monoisotopic (exact) mass is 309 g/mol. The molecule has 2 aromatic carbocycles. The Labute approximate surface area is 135 Å². The normalized spacial score (nSPS) is 11.3. The van der Waals surface area contributed by atoms with Crippen LogP contribution in [0.3, 0.4) is 0 Å². The Morgan fingerprint density at radius 1 is 1.30 bits per heavy atom. The van der Waals surface area contributed by atoms with Crippen LogP contribution in [0.4, 0.5) is 10.5 Å². The molecule has 23 heavy (non-hydrogen) atoms. The molecule has 0 saturated heterocycles. The van der Waals surface area contributed by atoms with E-state index in [1.165, 1.54) is 0 Å².